The maximum absolute atomic E-state index is 12.1. The van der Waals surface area contributed by atoms with Gasteiger partial charge in [0.15, 0.2) is 0 Å². The summed E-state index contributed by atoms with van der Waals surface area (Å²) in [5, 5.41) is 8.32. The molecule has 1 aliphatic heterocycles. The second kappa shape index (κ2) is 5.76. The molecule has 106 valence electrons. The van der Waals surface area contributed by atoms with Crippen molar-refractivity contribution in [3.63, 3.8) is 0 Å². The Morgan fingerprint density at radius 1 is 1.65 bits per heavy atom. The van der Waals surface area contributed by atoms with Gasteiger partial charge in [-0.2, -0.15) is 0 Å². The summed E-state index contributed by atoms with van der Waals surface area (Å²) in [6, 6.07) is 4.32. The molecule has 3 heterocycles. The molecule has 5 nitrogen and oxygen atoms in total. The zero-order valence-electron chi connectivity index (χ0n) is 11.4. The monoisotopic (exact) mass is 290 g/mol. The molecule has 0 aromatic carbocycles. The normalized spacial score (nSPS) is 17.8. The van der Waals surface area contributed by atoms with Crippen LogP contribution in [0.4, 0.5) is 0 Å². The minimum atomic E-state index is -0.0874. The van der Waals surface area contributed by atoms with Gasteiger partial charge in [0.2, 0.25) is 0 Å². The van der Waals surface area contributed by atoms with Crippen LogP contribution in [0.3, 0.4) is 0 Å². The summed E-state index contributed by atoms with van der Waals surface area (Å²) >= 11 is 1.71. The first-order valence-corrected chi connectivity index (χ1v) is 7.73. The number of nitrogens with one attached hydrogen (secondary N) is 2. The van der Waals surface area contributed by atoms with Crippen molar-refractivity contribution in [2.24, 2.45) is 0 Å². The third-order valence-electron chi connectivity index (χ3n) is 3.47. The second-order valence-electron chi connectivity index (χ2n) is 4.94. The van der Waals surface area contributed by atoms with Gasteiger partial charge in [-0.3, -0.25) is 4.79 Å². The first-order chi connectivity index (χ1) is 9.74. The third-order valence-corrected chi connectivity index (χ3v) is 4.40. The predicted molar refractivity (Wildman–Crippen MR) is 79.0 cm³/mol. The molecule has 20 heavy (non-hydrogen) atoms. The fraction of sp³-hybridized carbons (Fsp3) is 0.429. The van der Waals surface area contributed by atoms with Crippen molar-refractivity contribution < 1.29 is 4.79 Å². The molecule has 0 saturated heterocycles. The van der Waals surface area contributed by atoms with Gasteiger partial charge in [-0.15, -0.1) is 11.3 Å². The molecule has 1 aliphatic rings. The molecule has 1 amide bonds. The van der Waals surface area contributed by atoms with E-state index in [1.807, 2.05) is 12.3 Å². The van der Waals surface area contributed by atoms with Crippen molar-refractivity contribution in [2.45, 2.75) is 25.9 Å². The zero-order valence-corrected chi connectivity index (χ0v) is 12.2. The highest BCUT2D eigenvalue weighted by Crippen LogP contribution is 2.16. The van der Waals surface area contributed by atoms with Gasteiger partial charge in [-0.25, -0.2) is 4.98 Å². The van der Waals surface area contributed by atoms with E-state index >= 15 is 0 Å². The number of rotatable bonds is 4. The smallest absolute Gasteiger partial charge is 0.271 e. The lowest BCUT2D eigenvalue weighted by molar-refractivity contribution is 0.0949. The van der Waals surface area contributed by atoms with Crippen molar-refractivity contribution >= 4 is 17.2 Å². The number of aromatic nitrogens is 2. The summed E-state index contributed by atoms with van der Waals surface area (Å²) < 4.78 is 2.06. The molecule has 1 atom stereocenters. The summed E-state index contributed by atoms with van der Waals surface area (Å²) in [5.41, 5.74) is 0.515. The minimum Gasteiger partial charge on any atom is -0.350 e. The first-order valence-electron chi connectivity index (χ1n) is 6.85. The fourth-order valence-electron chi connectivity index (χ4n) is 2.40. The quantitative estimate of drug-likeness (QED) is 0.899. The van der Waals surface area contributed by atoms with E-state index in [2.05, 4.69) is 38.6 Å². The number of amides is 1. The van der Waals surface area contributed by atoms with Gasteiger partial charge in [0, 0.05) is 30.7 Å². The first kappa shape index (κ1) is 13.3. The molecule has 3 rings (SSSR count). The molecule has 0 radical (unpaired) electrons. The highest BCUT2D eigenvalue weighted by atomic mass is 32.1. The van der Waals surface area contributed by atoms with Crippen LogP contribution in [0.1, 0.15) is 34.2 Å². The van der Waals surface area contributed by atoms with Crippen LogP contribution in [0.25, 0.3) is 0 Å². The van der Waals surface area contributed by atoms with E-state index in [9.17, 15) is 4.79 Å². The maximum Gasteiger partial charge on any atom is 0.271 e. The molecule has 0 bridgehead atoms. The Morgan fingerprint density at radius 3 is 3.30 bits per heavy atom. The number of thiophene rings is 1. The van der Waals surface area contributed by atoms with Gasteiger partial charge in [-0.1, -0.05) is 6.07 Å². The molecule has 0 spiro atoms. The molecule has 2 aromatic rings. The topological polar surface area (TPSA) is 59.0 Å². The average Bonchev–Trinajstić information content (AvgIpc) is 3.07. The average molecular weight is 290 g/mol. The SMILES string of the molecule is CC1NCCn2cc(C(=O)NCCc3cccs3)nc21. The summed E-state index contributed by atoms with van der Waals surface area (Å²) in [5.74, 6) is 0.857. The van der Waals surface area contributed by atoms with Gasteiger partial charge < -0.3 is 15.2 Å². The molecule has 0 aliphatic carbocycles. The summed E-state index contributed by atoms with van der Waals surface area (Å²) in [6.45, 7) is 4.50. The van der Waals surface area contributed by atoms with Gasteiger partial charge in [0.1, 0.15) is 11.5 Å². The van der Waals surface area contributed by atoms with E-state index in [0.717, 1.165) is 25.3 Å². The van der Waals surface area contributed by atoms with Crippen LogP contribution in [-0.4, -0.2) is 28.5 Å². The zero-order chi connectivity index (χ0) is 13.9. The molecule has 2 N–H and O–H groups in total. The second-order valence-corrected chi connectivity index (χ2v) is 5.97. The standard InChI is InChI=1S/C14H18N4OS/c1-10-13-17-12(9-18(13)7-6-15-10)14(19)16-5-4-11-3-2-8-20-11/h2-3,8-10,15H,4-7H2,1H3,(H,16,19). The van der Waals surface area contributed by atoms with Crippen LogP contribution in [0, 0.1) is 0 Å². The summed E-state index contributed by atoms with van der Waals surface area (Å²) in [7, 11) is 0. The Bertz CT molecular complexity index is 590. The van der Waals surface area contributed by atoms with Crippen LogP contribution in [0.15, 0.2) is 23.7 Å². The molecule has 2 aromatic heterocycles. The van der Waals surface area contributed by atoms with E-state index in [0.29, 0.717) is 12.2 Å². The molecular formula is C14H18N4OS. The van der Waals surface area contributed by atoms with Gasteiger partial charge in [0.05, 0.1) is 6.04 Å². The highest BCUT2D eigenvalue weighted by molar-refractivity contribution is 7.09. The lowest BCUT2D eigenvalue weighted by Gasteiger charge is -2.21. The van der Waals surface area contributed by atoms with E-state index in [1.54, 1.807) is 11.3 Å². The van der Waals surface area contributed by atoms with Crippen LogP contribution in [-0.2, 0) is 13.0 Å². The van der Waals surface area contributed by atoms with E-state index in [-0.39, 0.29) is 11.9 Å². The van der Waals surface area contributed by atoms with Crippen molar-refractivity contribution in [1.29, 1.82) is 0 Å². The van der Waals surface area contributed by atoms with E-state index in [1.165, 1.54) is 4.88 Å². The minimum absolute atomic E-state index is 0.0874. The van der Waals surface area contributed by atoms with Crippen LogP contribution >= 0.6 is 11.3 Å². The largest absolute Gasteiger partial charge is 0.350 e. The Kier molecular flexibility index (Phi) is 3.84. The molecule has 1 unspecified atom stereocenters. The van der Waals surface area contributed by atoms with Crippen molar-refractivity contribution in [3.8, 4) is 0 Å². The Hall–Kier alpha value is -1.66. The van der Waals surface area contributed by atoms with Crippen molar-refractivity contribution in [3.05, 3.63) is 40.1 Å². The number of carbonyl (C=O) groups is 1. The number of hydrogen-bond donors (Lipinski definition) is 2. The van der Waals surface area contributed by atoms with Gasteiger partial charge in [-0.05, 0) is 24.8 Å². The number of imidazole rings is 1. The Morgan fingerprint density at radius 2 is 2.55 bits per heavy atom. The van der Waals surface area contributed by atoms with Crippen LogP contribution < -0.4 is 10.6 Å². The molecule has 0 saturated carbocycles. The lowest BCUT2D eigenvalue weighted by atomic mass is 10.2. The van der Waals surface area contributed by atoms with E-state index in [4.69, 9.17) is 0 Å². The van der Waals surface area contributed by atoms with Crippen LogP contribution in [0.2, 0.25) is 0 Å². The lowest BCUT2D eigenvalue weighted by Crippen LogP contribution is -2.31. The Balaban J connectivity index is 1.60. The number of hydrogen-bond acceptors (Lipinski definition) is 4. The van der Waals surface area contributed by atoms with Gasteiger partial charge in [0.25, 0.3) is 5.91 Å². The maximum atomic E-state index is 12.1. The fourth-order valence-corrected chi connectivity index (χ4v) is 3.11. The molecular weight excluding hydrogens is 272 g/mol. The molecule has 6 heteroatoms. The van der Waals surface area contributed by atoms with Crippen LogP contribution in [0.5, 0.6) is 0 Å². The summed E-state index contributed by atoms with van der Waals surface area (Å²) in [4.78, 5) is 17.8. The highest BCUT2D eigenvalue weighted by Gasteiger charge is 2.20. The number of carbonyl (C=O) groups excluding carboxylic acids is 1. The molecule has 0 fully saturated rings. The number of fused-ring (bicyclic) bond motifs is 1. The van der Waals surface area contributed by atoms with Crippen molar-refractivity contribution in [2.75, 3.05) is 13.1 Å². The van der Waals surface area contributed by atoms with E-state index < -0.39 is 0 Å². The van der Waals surface area contributed by atoms with Crippen molar-refractivity contribution in [1.82, 2.24) is 20.2 Å². The summed E-state index contributed by atoms with van der Waals surface area (Å²) in [6.07, 6.45) is 2.72. The third kappa shape index (κ3) is 2.76. The number of nitrogens with zero attached hydrogens (tertiary/aromatic N) is 2. The Labute approximate surface area is 122 Å². The predicted octanol–water partition coefficient (Wildman–Crippen LogP) is 1.58. The van der Waals surface area contributed by atoms with Gasteiger partial charge >= 0.3 is 0 Å².